The quantitative estimate of drug-likeness (QED) is 0.484. The topological polar surface area (TPSA) is 74.6 Å². The van der Waals surface area contributed by atoms with Crippen LogP contribution in [0.3, 0.4) is 0 Å². The van der Waals surface area contributed by atoms with Gasteiger partial charge in [0.2, 0.25) is 0 Å². The molecule has 0 rings (SSSR count). The molecular weight excluding hydrogens is 294 g/mol. The number of hydrogen-bond donors (Lipinski definition) is 2. The average molecular weight is 297 g/mol. The van der Waals surface area contributed by atoms with Crippen molar-refractivity contribution in [1.29, 1.82) is 0 Å². The van der Waals surface area contributed by atoms with Crippen LogP contribution >= 0.6 is 17.0 Å². The molecule has 0 heterocycles. The monoisotopic (exact) mass is 295 g/mol. The molecule has 0 unspecified atom stereocenters. The van der Waals surface area contributed by atoms with Crippen molar-refractivity contribution in [2.45, 2.75) is 0 Å². The second kappa shape index (κ2) is 8.35. The summed E-state index contributed by atoms with van der Waals surface area (Å²) < 4.78 is 31.6. The summed E-state index contributed by atoms with van der Waals surface area (Å²) in [5.74, 6) is 0. The van der Waals surface area contributed by atoms with Gasteiger partial charge in [0.15, 0.2) is 0 Å². The summed E-state index contributed by atoms with van der Waals surface area (Å²) in [5.41, 5.74) is 0. The molecule has 0 spiro atoms. The van der Waals surface area contributed by atoms with Gasteiger partial charge in [0, 0.05) is 33.3 Å². The van der Waals surface area contributed by atoms with Crippen LogP contribution in [0.25, 0.3) is 0 Å². The third-order valence-corrected chi connectivity index (χ3v) is 0. The van der Waals surface area contributed by atoms with Gasteiger partial charge < -0.3 is 0 Å². The Morgan fingerprint density at radius 1 is 1.12 bits per heavy atom. The normalized spacial score (nSPS) is 7.25. The molecule has 1 radical (unpaired) electrons. The Labute approximate surface area is 77.9 Å². The molecule has 0 amide bonds. The Morgan fingerprint density at radius 2 is 1.12 bits per heavy atom. The Hall–Kier alpha value is 1.35. The molecule has 0 aliphatic heterocycles. The van der Waals surface area contributed by atoms with Crippen LogP contribution in [0.5, 0.6) is 0 Å². The SMILES string of the molecule is Br.O=S(=O)(O)O.[Co].[Ni]. The first kappa shape index (κ1) is 22.8. The van der Waals surface area contributed by atoms with Gasteiger partial charge in [-0.05, 0) is 0 Å². The van der Waals surface area contributed by atoms with Gasteiger partial charge in [-0.1, -0.05) is 0 Å². The fraction of sp³-hybridized carbons (Fsp3) is 0. The van der Waals surface area contributed by atoms with Gasteiger partial charge in [-0.3, -0.25) is 9.11 Å². The second-order valence-corrected chi connectivity index (χ2v) is 1.34. The molecule has 0 aliphatic carbocycles. The van der Waals surface area contributed by atoms with Crippen LogP contribution in [0.2, 0.25) is 0 Å². The molecule has 0 aliphatic rings. The zero-order valence-electron chi connectivity index (χ0n) is 3.18. The first-order chi connectivity index (χ1) is 2.00. The number of rotatable bonds is 0. The van der Waals surface area contributed by atoms with E-state index in [0.717, 1.165) is 0 Å². The molecule has 2 N–H and O–H groups in total. The van der Waals surface area contributed by atoms with Crippen LogP contribution in [0.4, 0.5) is 0 Å². The zero-order valence-corrected chi connectivity index (χ0v) is 7.74. The molecule has 59 valence electrons. The van der Waals surface area contributed by atoms with E-state index >= 15 is 0 Å². The minimum atomic E-state index is -4.67. The van der Waals surface area contributed by atoms with Gasteiger partial charge in [-0.25, -0.2) is 0 Å². The van der Waals surface area contributed by atoms with E-state index in [4.69, 9.17) is 17.5 Å². The largest absolute Gasteiger partial charge is 0.394 e. The number of halogens is 1. The van der Waals surface area contributed by atoms with Crippen molar-refractivity contribution >= 4 is 27.4 Å². The molecule has 0 aromatic rings. The molecule has 8 heavy (non-hydrogen) atoms. The molecule has 4 nitrogen and oxygen atoms in total. The maximum atomic E-state index is 8.74. The van der Waals surface area contributed by atoms with E-state index in [9.17, 15) is 0 Å². The van der Waals surface area contributed by atoms with E-state index < -0.39 is 10.4 Å². The molecule has 8 heteroatoms. The summed E-state index contributed by atoms with van der Waals surface area (Å²) in [5, 5.41) is 0. The van der Waals surface area contributed by atoms with Crippen molar-refractivity contribution in [3.63, 3.8) is 0 Å². The van der Waals surface area contributed by atoms with Crippen LogP contribution in [0, 0.1) is 0 Å². The molecule has 0 atom stereocenters. The molecule has 0 bridgehead atoms. The smallest absolute Gasteiger partial charge is 0.264 e. The number of hydrogen-bond acceptors (Lipinski definition) is 2. The zero-order chi connectivity index (χ0) is 4.50. The molecule has 0 saturated heterocycles. The van der Waals surface area contributed by atoms with E-state index in [0.29, 0.717) is 0 Å². The van der Waals surface area contributed by atoms with Crippen LogP contribution in [-0.2, 0) is 43.7 Å². The summed E-state index contributed by atoms with van der Waals surface area (Å²) in [7, 11) is -4.67. The van der Waals surface area contributed by atoms with Gasteiger partial charge in [0.1, 0.15) is 0 Å². The first-order valence-electron chi connectivity index (χ1n) is 0.698. The standard InChI is InChI=1S/BrH.Co.Ni.H2O4S/c;;;1-5(2,3)4/h1H;;;(H2,1,2,3,4). The van der Waals surface area contributed by atoms with Crippen LogP contribution in [-0.4, -0.2) is 17.5 Å². The molecular formula is H3BrCoNiO4S. The first-order valence-corrected chi connectivity index (χ1v) is 2.10. The maximum Gasteiger partial charge on any atom is 0.394 e. The minimum Gasteiger partial charge on any atom is -0.264 e. The van der Waals surface area contributed by atoms with Gasteiger partial charge in [-0.15, -0.1) is 17.0 Å². The Kier molecular flexibility index (Phi) is 23.8. The van der Waals surface area contributed by atoms with Crippen molar-refractivity contribution in [2.75, 3.05) is 0 Å². The van der Waals surface area contributed by atoms with Crippen molar-refractivity contribution in [3.05, 3.63) is 0 Å². The average Bonchev–Trinajstić information content (AvgIpc) is 0.722. The Bertz CT molecular complexity index is 99.2. The second-order valence-electron chi connectivity index (χ2n) is 0.448. The van der Waals surface area contributed by atoms with Crippen molar-refractivity contribution < 1.29 is 50.8 Å². The van der Waals surface area contributed by atoms with E-state index in [1.807, 2.05) is 0 Å². The minimum absolute atomic E-state index is 0. The van der Waals surface area contributed by atoms with Crippen molar-refractivity contribution in [3.8, 4) is 0 Å². The molecule has 0 saturated carbocycles. The fourth-order valence-corrected chi connectivity index (χ4v) is 0. The fourth-order valence-electron chi connectivity index (χ4n) is 0. The summed E-state index contributed by atoms with van der Waals surface area (Å²) in [4.78, 5) is 0. The predicted molar refractivity (Wildman–Crippen MR) is 24.5 cm³/mol. The van der Waals surface area contributed by atoms with E-state index in [1.54, 1.807) is 0 Å². The van der Waals surface area contributed by atoms with E-state index in [1.165, 1.54) is 0 Å². The Balaban J connectivity index is -0.0000000267. The molecule has 0 aromatic carbocycles. The van der Waals surface area contributed by atoms with Crippen molar-refractivity contribution in [2.24, 2.45) is 0 Å². The van der Waals surface area contributed by atoms with Crippen LogP contribution in [0.15, 0.2) is 0 Å². The van der Waals surface area contributed by atoms with Gasteiger partial charge >= 0.3 is 10.4 Å². The summed E-state index contributed by atoms with van der Waals surface area (Å²) in [6.07, 6.45) is 0. The van der Waals surface area contributed by atoms with Gasteiger partial charge in [0.25, 0.3) is 0 Å². The molecule has 0 aromatic heterocycles. The summed E-state index contributed by atoms with van der Waals surface area (Å²) in [6.45, 7) is 0. The summed E-state index contributed by atoms with van der Waals surface area (Å²) >= 11 is 0. The van der Waals surface area contributed by atoms with Gasteiger partial charge in [0.05, 0.1) is 0 Å². The third kappa shape index (κ3) is 163. The van der Waals surface area contributed by atoms with Crippen molar-refractivity contribution in [1.82, 2.24) is 0 Å². The van der Waals surface area contributed by atoms with Crippen LogP contribution in [0.1, 0.15) is 0 Å². The maximum absolute atomic E-state index is 8.74. The van der Waals surface area contributed by atoms with Crippen LogP contribution < -0.4 is 0 Å². The Morgan fingerprint density at radius 3 is 1.12 bits per heavy atom. The van der Waals surface area contributed by atoms with E-state index in [-0.39, 0.29) is 50.3 Å². The predicted octanol–water partition coefficient (Wildman–Crippen LogP) is -0.0799. The molecule has 0 fully saturated rings. The summed E-state index contributed by atoms with van der Waals surface area (Å²) in [6, 6.07) is 0. The van der Waals surface area contributed by atoms with E-state index in [2.05, 4.69) is 0 Å². The third-order valence-electron chi connectivity index (χ3n) is 0. The van der Waals surface area contributed by atoms with Gasteiger partial charge in [-0.2, -0.15) is 8.42 Å².